The first kappa shape index (κ1) is 23.5. The normalized spacial score (nSPS) is 17.8. The number of anilines is 1. The molecular formula is C21H21ClFN7O4S. The molecule has 0 spiro atoms. The van der Waals surface area contributed by atoms with Crippen molar-refractivity contribution in [2.24, 2.45) is 7.05 Å². The lowest BCUT2D eigenvalue weighted by Gasteiger charge is -2.23. The summed E-state index contributed by atoms with van der Waals surface area (Å²) in [5, 5.41) is 24.0. The second-order valence-electron chi connectivity index (χ2n) is 8.61. The fraction of sp³-hybridized carbons (Fsp3) is 0.429. The summed E-state index contributed by atoms with van der Waals surface area (Å²) in [5.41, 5.74) is -0.695. The Balaban J connectivity index is 1.38. The topological polar surface area (TPSA) is 135 Å². The van der Waals surface area contributed by atoms with Crippen molar-refractivity contribution in [2.45, 2.75) is 36.5 Å². The second kappa shape index (κ2) is 9.11. The predicted octanol–water partition coefficient (Wildman–Crippen LogP) is 1.84. The Morgan fingerprint density at radius 3 is 2.77 bits per heavy atom. The van der Waals surface area contributed by atoms with Crippen LogP contribution in [0.4, 0.5) is 10.1 Å². The Morgan fingerprint density at radius 1 is 1.34 bits per heavy atom. The molecule has 35 heavy (non-hydrogen) atoms. The maximum atomic E-state index is 15.3. The maximum absolute atomic E-state index is 15.3. The molecule has 11 nitrogen and oxygen atoms in total. The molecule has 1 aliphatic carbocycles. The van der Waals surface area contributed by atoms with Gasteiger partial charge in [-0.1, -0.05) is 23.4 Å². The zero-order valence-electron chi connectivity index (χ0n) is 18.6. The number of thioether (sulfide) groups is 1. The van der Waals surface area contributed by atoms with Gasteiger partial charge in [-0.05, 0) is 35.8 Å². The lowest BCUT2D eigenvalue weighted by atomic mass is 10.1. The molecule has 2 N–H and O–H groups in total. The Hall–Kier alpha value is -3.19. The van der Waals surface area contributed by atoms with Gasteiger partial charge in [-0.15, -0.1) is 5.10 Å². The van der Waals surface area contributed by atoms with Crippen LogP contribution in [0.15, 0.2) is 22.2 Å². The molecule has 2 fully saturated rings. The SMILES string of the molecule is Cn1nnnc1SCC(=O)NC1CCN(c2c(F)cc3c(=O)c(C(=O)O)cn(C4CC4)c3c2Cl)C1. The third-order valence-electron chi connectivity index (χ3n) is 6.14. The van der Waals surface area contributed by atoms with Crippen LogP contribution in [0.2, 0.25) is 5.02 Å². The van der Waals surface area contributed by atoms with Crippen molar-refractivity contribution in [3.8, 4) is 0 Å². The number of aromatic carboxylic acids is 1. The molecule has 1 saturated carbocycles. The zero-order chi connectivity index (χ0) is 24.9. The number of hydrogen-bond donors (Lipinski definition) is 2. The molecule has 5 rings (SSSR count). The number of fused-ring (bicyclic) bond motifs is 1. The van der Waals surface area contributed by atoms with Gasteiger partial charge in [0.05, 0.1) is 27.4 Å². The minimum Gasteiger partial charge on any atom is -0.477 e. The van der Waals surface area contributed by atoms with Gasteiger partial charge in [0.2, 0.25) is 16.5 Å². The molecule has 2 aromatic heterocycles. The van der Waals surface area contributed by atoms with Crippen LogP contribution >= 0.6 is 23.4 Å². The van der Waals surface area contributed by atoms with Crippen LogP contribution in [0.1, 0.15) is 35.7 Å². The number of aryl methyl sites for hydroxylation is 1. The van der Waals surface area contributed by atoms with Crippen molar-refractivity contribution in [3.05, 3.63) is 38.9 Å². The van der Waals surface area contributed by atoms with E-state index in [9.17, 15) is 19.5 Å². The second-order valence-corrected chi connectivity index (χ2v) is 9.93. The van der Waals surface area contributed by atoms with Gasteiger partial charge in [-0.25, -0.2) is 13.9 Å². The monoisotopic (exact) mass is 521 g/mol. The highest BCUT2D eigenvalue weighted by Gasteiger charge is 2.32. The fourth-order valence-electron chi connectivity index (χ4n) is 4.34. The molecule has 3 heterocycles. The summed E-state index contributed by atoms with van der Waals surface area (Å²) in [6, 6.07) is 0.868. The summed E-state index contributed by atoms with van der Waals surface area (Å²) >= 11 is 7.89. The lowest BCUT2D eigenvalue weighted by Crippen LogP contribution is -2.38. The Morgan fingerprint density at radius 2 is 2.11 bits per heavy atom. The number of nitrogens with one attached hydrogen (secondary N) is 1. The average molecular weight is 522 g/mol. The quantitative estimate of drug-likeness (QED) is 0.446. The molecule has 2 aliphatic rings. The van der Waals surface area contributed by atoms with Crippen molar-refractivity contribution < 1.29 is 19.1 Å². The van der Waals surface area contributed by atoms with E-state index in [1.54, 1.807) is 16.5 Å². The molecule has 1 aromatic carbocycles. The number of amides is 1. The van der Waals surface area contributed by atoms with E-state index in [4.69, 9.17) is 11.6 Å². The van der Waals surface area contributed by atoms with E-state index in [-0.39, 0.29) is 39.8 Å². The summed E-state index contributed by atoms with van der Waals surface area (Å²) < 4.78 is 18.4. The summed E-state index contributed by atoms with van der Waals surface area (Å²) in [5.74, 6) is -2.13. The summed E-state index contributed by atoms with van der Waals surface area (Å²) in [4.78, 5) is 38.5. The van der Waals surface area contributed by atoms with E-state index in [0.717, 1.165) is 18.9 Å². The Kier molecular flexibility index (Phi) is 6.13. The zero-order valence-corrected chi connectivity index (χ0v) is 20.1. The summed E-state index contributed by atoms with van der Waals surface area (Å²) in [7, 11) is 1.68. The molecule has 14 heteroatoms. The molecule has 0 radical (unpaired) electrons. The number of nitrogens with zero attached hydrogens (tertiary/aromatic N) is 6. The standard InChI is InChI=1S/C21H21ClFN7O4S/c1-28-21(25-26-27-28)35-9-15(31)24-10-4-5-29(7-10)18-14(23)6-12-17(16(18)22)30(11-2-3-11)8-13(19(12)32)20(33)34/h6,8,10-11H,2-5,7,9H2,1H3,(H,24,31)(H,33,34). The molecule has 184 valence electrons. The maximum Gasteiger partial charge on any atom is 0.341 e. The van der Waals surface area contributed by atoms with Crippen molar-refractivity contribution in [1.82, 2.24) is 30.1 Å². The van der Waals surface area contributed by atoms with Crippen molar-refractivity contribution in [3.63, 3.8) is 0 Å². The van der Waals surface area contributed by atoms with Crippen LogP contribution in [-0.2, 0) is 11.8 Å². The number of benzene rings is 1. The minimum atomic E-state index is -1.36. The van der Waals surface area contributed by atoms with Gasteiger partial charge in [0.1, 0.15) is 11.4 Å². The molecule has 1 atom stereocenters. The van der Waals surface area contributed by atoms with Crippen LogP contribution in [0.5, 0.6) is 0 Å². The van der Waals surface area contributed by atoms with E-state index in [1.807, 2.05) is 0 Å². The summed E-state index contributed by atoms with van der Waals surface area (Å²) in [6.45, 7) is 0.791. The number of rotatable bonds is 7. The fourth-order valence-corrected chi connectivity index (χ4v) is 5.41. The number of aromatic nitrogens is 5. The third kappa shape index (κ3) is 4.45. The first-order chi connectivity index (χ1) is 16.7. The molecular weight excluding hydrogens is 501 g/mol. The molecule has 0 bridgehead atoms. The highest BCUT2D eigenvalue weighted by Crippen LogP contribution is 2.42. The predicted molar refractivity (Wildman–Crippen MR) is 127 cm³/mol. The van der Waals surface area contributed by atoms with Crippen molar-refractivity contribution in [2.75, 3.05) is 23.7 Å². The van der Waals surface area contributed by atoms with Gasteiger partial charge < -0.3 is 19.9 Å². The largest absolute Gasteiger partial charge is 0.477 e. The van der Waals surface area contributed by atoms with Gasteiger partial charge in [0.15, 0.2) is 0 Å². The van der Waals surface area contributed by atoms with Gasteiger partial charge in [-0.2, -0.15) is 0 Å². The number of carbonyl (C=O) groups excluding carboxylic acids is 1. The number of tetrazole rings is 1. The van der Waals surface area contributed by atoms with E-state index in [1.165, 1.54) is 22.6 Å². The Labute approximate surface area is 207 Å². The number of halogens is 2. The van der Waals surface area contributed by atoms with Crippen LogP contribution in [0.3, 0.4) is 0 Å². The third-order valence-corrected chi connectivity index (χ3v) is 7.51. The highest BCUT2D eigenvalue weighted by molar-refractivity contribution is 7.99. The first-order valence-electron chi connectivity index (χ1n) is 10.9. The first-order valence-corrected chi connectivity index (χ1v) is 12.3. The lowest BCUT2D eigenvalue weighted by molar-refractivity contribution is -0.119. The van der Waals surface area contributed by atoms with E-state index in [0.29, 0.717) is 30.2 Å². The van der Waals surface area contributed by atoms with Crippen LogP contribution < -0.4 is 15.6 Å². The van der Waals surface area contributed by atoms with Crippen LogP contribution in [0, 0.1) is 5.82 Å². The van der Waals surface area contributed by atoms with Gasteiger partial charge >= 0.3 is 5.97 Å². The van der Waals surface area contributed by atoms with E-state index in [2.05, 4.69) is 20.8 Å². The van der Waals surface area contributed by atoms with Crippen LogP contribution in [0.25, 0.3) is 10.9 Å². The molecule has 3 aromatic rings. The highest BCUT2D eigenvalue weighted by atomic mass is 35.5. The van der Waals surface area contributed by atoms with E-state index >= 15 is 4.39 Å². The number of carboxylic acids is 1. The van der Waals surface area contributed by atoms with Gasteiger partial charge in [0.25, 0.3) is 0 Å². The van der Waals surface area contributed by atoms with Gasteiger partial charge in [0, 0.05) is 38.4 Å². The molecule has 1 unspecified atom stereocenters. The van der Waals surface area contributed by atoms with Crippen molar-refractivity contribution >= 4 is 51.8 Å². The molecule has 1 aliphatic heterocycles. The van der Waals surface area contributed by atoms with Crippen LogP contribution in [-0.4, -0.2) is 66.6 Å². The van der Waals surface area contributed by atoms with Gasteiger partial charge in [-0.3, -0.25) is 9.59 Å². The smallest absolute Gasteiger partial charge is 0.341 e. The van der Waals surface area contributed by atoms with Crippen molar-refractivity contribution in [1.29, 1.82) is 0 Å². The van der Waals surface area contributed by atoms with E-state index < -0.39 is 22.8 Å². The average Bonchev–Trinajstić information content (AvgIpc) is 3.42. The molecule has 1 amide bonds. The number of hydrogen-bond acceptors (Lipinski definition) is 8. The summed E-state index contributed by atoms with van der Waals surface area (Å²) in [6.07, 6.45) is 3.53. The molecule has 1 saturated heterocycles. The number of carboxylic acid groups (broad SMARTS) is 1. The minimum absolute atomic E-state index is 0.0132. The number of pyridine rings is 1. The number of carbonyl (C=O) groups is 2. The Bertz CT molecular complexity index is 1410.